The second-order valence-electron chi connectivity index (χ2n) is 3.79. The summed E-state index contributed by atoms with van der Waals surface area (Å²) >= 11 is 11.6. The van der Waals surface area contributed by atoms with E-state index in [9.17, 15) is 13.2 Å². The predicted octanol–water partition coefficient (Wildman–Crippen LogP) is 1.69. The fraction of sp³-hybridized carbons (Fsp3) is 0.364. The summed E-state index contributed by atoms with van der Waals surface area (Å²) in [6.07, 6.45) is 0. The lowest BCUT2D eigenvalue weighted by atomic mass is 10.2. The molecule has 0 fully saturated rings. The highest BCUT2D eigenvalue weighted by Gasteiger charge is 2.27. The highest BCUT2D eigenvalue weighted by molar-refractivity contribution is 7.89. The van der Waals surface area contributed by atoms with Crippen molar-refractivity contribution in [2.75, 3.05) is 19.7 Å². The number of benzene rings is 1. The zero-order valence-corrected chi connectivity index (χ0v) is 12.8. The van der Waals surface area contributed by atoms with Gasteiger partial charge in [0.15, 0.2) is 0 Å². The highest BCUT2D eigenvalue weighted by Crippen LogP contribution is 2.30. The quantitative estimate of drug-likeness (QED) is 0.820. The third-order valence-electron chi connectivity index (χ3n) is 2.57. The fourth-order valence-corrected chi connectivity index (χ4v) is 3.86. The molecule has 0 aliphatic rings. The Bertz CT molecular complexity index is 617. The van der Waals surface area contributed by atoms with Gasteiger partial charge in [-0.3, -0.25) is 0 Å². The molecule has 0 amide bonds. The Morgan fingerprint density at radius 2 is 1.90 bits per heavy atom. The van der Waals surface area contributed by atoms with Gasteiger partial charge in [0.2, 0.25) is 10.0 Å². The first kappa shape index (κ1) is 17.2. The first-order valence-electron chi connectivity index (χ1n) is 5.59. The minimum atomic E-state index is -4.00. The number of aromatic carboxylic acids is 1. The van der Waals surface area contributed by atoms with Crippen molar-refractivity contribution in [1.29, 1.82) is 0 Å². The topological polar surface area (TPSA) is 94.9 Å². The molecule has 0 radical (unpaired) electrons. The molecule has 9 heteroatoms. The van der Waals surface area contributed by atoms with E-state index in [0.29, 0.717) is 0 Å². The van der Waals surface area contributed by atoms with E-state index >= 15 is 0 Å². The molecule has 112 valence electrons. The second-order valence-corrected chi connectivity index (χ2v) is 6.51. The molecule has 0 atom stereocenters. The van der Waals surface area contributed by atoms with Crippen LogP contribution < -0.4 is 0 Å². The van der Waals surface area contributed by atoms with Gasteiger partial charge < -0.3 is 10.2 Å². The van der Waals surface area contributed by atoms with E-state index in [1.807, 2.05) is 0 Å². The largest absolute Gasteiger partial charge is 0.478 e. The zero-order valence-electron chi connectivity index (χ0n) is 10.5. The van der Waals surface area contributed by atoms with E-state index < -0.39 is 16.0 Å². The number of rotatable bonds is 6. The van der Waals surface area contributed by atoms with Crippen LogP contribution in [0.25, 0.3) is 0 Å². The van der Waals surface area contributed by atoms with E-state index in [1.54, 1.807) is 6.92 Å². The molecule has 6 nitrogen and oxygen atoms in total. The third-order valence-corrected chi connectivity index (χ3v) is 5.32. The number of hydrogen-bond acceptors (Lipinski definition) is 4. The first-order valence-corrected chi connectivity index (χ1v) is 7.78. The van der Waals surface area contributed by atoms with Crippen molar-refractivity contribution < 1.29 is 23.4 Å². The van der Waals surface area contributed by atoms with E-state index in [0.717, 1.165) is 16.4 Å². The van der Waals surface area contributed by atoms with Crippen LogP contribution in [0.15, 0.2) is 17.0 Å². The predicted molar refractivity (Wildman–Crippen MR) is 74.9 cm³/mol. The number of nitrogens with zero attached hydrogens (tertiary/aromatic N) is 1. The molecule has 1 aromatic rings. The summed E-state index contributed by atoms with van der Waals surface area (Å²) in [6.45, 7) is 1.24. The van der Waals surface area contributed by atoms with Gasteiger partial charge in [-0.15, -0.1) is 0 Å². The molecule has 0 saturated carbocycles. The van der Waals surface area contributed by atoms with Crippen LogP contribution in [0.1, 0.15) is 17.3 Å². The summed E-state index contributed by atoms with van der Waals surface area (Å²) in [7, 11) is -4.00. The number of halogens is 2. The molecule has 1 rings (SSSR count). The van der Waals surface area contributed by atoms with Crippen LogP contribution in [0.5, 0.6) is 0 Å². The van der Waals surface area contributed by atoms with E-state index in [2.05, 4.69) is 0 Å². The van der Waals surface area contributed by atoms with Crippen LogP contribution in [0.4, 0.5) is 0 Å². The summed E-state index contributed by atoms with van der Waals surface area (Å²) in [5.74, 6) is -1.35. The van der Waals surface area contributed by atoms with E-state index in [4.69, 9.17) is 33.4 Å². The maximum atomic E-state index is 12.4. The number of carboxylic acids is 1. The minimum Gasteiger partial charge on any atom is -0.478 e. The molecular formula is C11H13Cl2NO5S. The minimum absolute atomic E-state index is 0.111. The normalized spacial score (nSPS) is 11.8. The van der Waals surface area contributed by atoms with Crippen molar-refractivity contribution in [3.63, 3.8) is 0 Å². The van der Waals surface area contributed by atoms with Crippen LogP contribution >= 0.6 is 23.2 Å². The molecule has 0 unspecified atom stereocenters. The average molecular weight is 342 g/mol. The summed E-state index contributed by atoms with van der Waals surface area (Å²) in [5.41, 5.74) is -0.352. The Balaban J connectivity index is 3.45. The van der Waals surface area contributed by atoms with Gasteiger partial charge in [-0.05, 0) is 12.1 Å². The van der Waals surface area contributed by atoms with Crippen LogP contribution in [0, 0.1) is 0 Å². The number of likely N-dealkylation sites (N-methyl/N-ethyl adjacent to an activating group) is 1. The van der Waals surface area contributed by atoms with Gasteiger partial charge >= 0.3 is 5.97 Å². The molecule has 0 aliphatic heterocycles. The van der Waals surface area contributed by atoms with Crippen molar-refractivity contribution in [2.24, 2.45) is 0 Å². The van der Waals surface area contributed by atoms with Crippen LogP contribution in [0.2, 0.25) is 10.0 Å². The Labute approximate surface area is 126 Å². The van der Waals surface area contributed by atoms with Crippen molar-refractivity contribution in [2.45, 2.75) is 11.8 Å². The molecule has 0 aliphatic carbocycles. The lowest BCUT2D eigenvalue weighted by Crippen LogP contribution is -2.33. The van der Waals surface area contributed by atoms with Crippen LogP contribution in [-0.2, 0) is 10.0 Å². The number of hydrogen-bond donors (Lipinski definition) is 2. The maximum absolute atomic E-state index is 12.4. The molecule has 1 aromatic carbocycles. The Kier molecular flexibility index (Phi) is 5.79. The molecule has 0 spiro atoms. The molecule has 0 saturated heterocycles. The molecule has 20 heavy (non-hydrogen) atoms. The van der Waals surface area contributed by atoms with Crippen molar-refractivity contribution >= 4 is 39.2 Å². The standard InChI is InChI=1S/C11H13Cl2NO5S/c1-2-14(3-4-15)20(18,19)10-5-7(11(16)17)8(12)6-9(10)13/h5-6,15H,2-4H2,1H3,(H,16,17). The average Bonchev–Trinajstić information content (AvgIpc) is 2.34. The van der Waals surface area contributed by atoms with Gasteiger partial charge in [0, 0.05) is 13.1 Å². The Morgan fingerprint density at radius 3 is 2.35 bits per heavy atom. The lowest BCUT2D eigenvalue weighted by molar-refractivity contribution is 0.0697. The van der Waals surface area contributed by atoms with Crippen molar-refractivity contribution in [1.82, 2.24) is 4.31 Å². The molecule has 2 N–H and O–H groups in total. The van der Waals surface area contributed by atoms with E-state index in [1.165, 1.54) is 0 Å². The molecule has 0 aromatic heterocycles. The number of aliphatic hydroxyl groups is 1. The van der Waals surface area contributed by atoms with Gasteiger partial charge in [-0.2, -0.15) is 4.31 Å². The van der Waals surface area contributed by atoms with Gasteiger partial charge in [0.05, 0.1) is 22.2 Å². The Morgan fingerprint density at radius 1 is 1.30 bits per heavy atom. The second kappa shape index (κ2) is 6.73. The fourth-order valence-electron chi connectivity index (χ4n) is 1.59. The van der Waals surface area contributed by atoms with Gasteiger partial charge in [0.1, 0.15) is 4.90 Å². The summed E-state index contributed by atoms with van der Waals surface area (Å²) in [5, 5.41) is 17.5. The maximum Gasteiger partial charge on any atom is 0.337 e. The van der Waals surface area contributed by atoms with Gasteiger partial charge in [-0.1, -0.05) is 30.1 Å². The number of carbonyl (C=O) groups is 1. The van der Waals surface area contributed by atoms with Gasteiger partial charge in [0.25, 0.3) is 0 Å². The first-order chi connectivity index (χ1) is 9.25. The molecule has 0 bridgehead atoms. The SMILES string of the molecule is CCN(CCO)S(=O)(=O)c1cc(C(=O)O)c(Cl)cc1Cl. The summed E-state index contributed by atoms with van der Waals surface area (Å²) < 4.78 is 25.7. The van der Waals surface area contributed by atoms with Crippen molar-refractivity contribution in [3.8, 4) is 0 Å². The zero-order chi connectivity index (χ0) is 15.5. The number of carboxylic acid groups (broad SMARTS) is 1. The Hall–Kier alpha value is -0.860. The highest BCUT2D eigenvalue weighted by atomic mass is 35.5. The monoisotopic (exact) mass is 341 g/mol. The lowest BCUT2D eigenvalue weighted by Gasteiger charge is -2.20. The molecule has 0 heterocycles. The van der Waals surface area contributed by atoms with Gasteiger partial charge in [-0.25, -0.2) is 13.2 Å². The summed E-state index contributed by atoms with van der Waals surface area (Å²) in [4.78, 5) is 10.7. The van der Waals surface area contributed by atoms with E-state index in [-0.39, 0.29) is 40.2 Å². The molecular weight excluding hydrogens is 329 g/mol. The van der Waals surface area contributed by atoms with Crippen LogP contribution in [0.3, 0.4) is 0 Å². The smallest absolute Gasteiger partial charge is 0.337 e. The number of sulfonamides is 1. The summed E-state index contributed by atoms with van der Waals surface area (Å²) in [6, 6.07) is 1.99. The number of aliphatic hydroxyl groups excluding tert-OH is 1. The van der Waals surface area contributed by atoms with Crippen LogP contribution in [-0.4, -0.2) is 48.6 Å². The third kappa shape index (κ3) is 3.42. The van der Waals surface area contributed by atoms with Crippen molar-refractivity contribution in [3.05, 3.63) is 27.7 Å².